The van der Waals surface area contributed by atoms with E-state index in [0.717, 1.165) is 6.92 Å². The summed E-state index contributed by atoms with van der Waals surface area (Å²) in [6, 6.07) is 5.97. The van der Waals surface area contributed by atoms with Crippen molar-refractivity contribution in [1.82, 2.24) is 5.48 Å². The zero-order valence-electron chi connectivity index (χ0n) is 10.6. The number of hydrogen-bond acceptors (Lipinski definition) is 5. The lowest BCUT2D eigenvalue weighted by Crippen LogP contribution is -2.30. The van der Waals surface area contributed by atoms with Crippen LogP contribution < -0.4 is 10.8 Å². The fraction of sp³-hybridized carbons (Fsp3) is 0.250. The first-order valence-electron chi connectivity index (χ1n) is 5.41. The molecule has 7 nitrogen and oxygen atoms in total. The molecule has 0 atom stereocenters. The molecule has 0 aliphatic rings. The first-order valence-corrected chi connectivity index (χ1v) is 5.41. The molecule has 7 heteroatoms. The lowest BCUT2D eigenvalue weighted by atomic mass is 10.1. The number of carbonyl (C=O) groups excluding carboxylic acids is 3. The summed E-state index contributed by atoms with van der Waals surface area (Å²) >= 11 is 0. The Kier molecular flexibility index (Phi) is 5.34. The number of rotatable bonds is 3. The van der Waals surface area contributed by atoms with Crippen molar-refractivity contribution in [2.75, 3.05) is 12.4 Å². The third-order valence-electron chi connectivity index (χ3n) is 2.05. The average molecular weight is 266 g/mol. The SMILES string of the molecule is COC(=O)Cc1cccc(NC(=O)NOC(C)=O)c1. The van der Waals surface area contributed by atoms with E-state index in [1.165, 1.54) is 7.11 Å². The maximum atomic E-state index is 11.3. The van der Waals surface area contributed by atoms with Crippen molar-refractivity contribution in [2.45, 2.75) is 13.3 Å². The predicted molar refractivity (Wildman–Crippen MR) is 66.1 cm³/mol. The van der Waals surface area contributed by atoms with Gasteiger partial charge in [-0.05, 0) is 17.7 Å². The molecule has 1 aromatic carbocycles. The largest absolute Gasteiger partial charge is 0.469 e. The van der Waals surface area contributed by atoms with Gasteiger partial charge in [0.1, 0.15) is 0 Å². The molecule has 19 heavy (non-hydrogen) atoms. The van der Waals surface area contributed by atoms with Crippen LogP contribution in [-0.4, -0.2) is 25.1 Å². The molecule has 1 aromatic rings. The van der Waals surface area contributed by atoms with Crippen molar-refractivity contribution in [3.05, 3.63) is 29.8 Å². The van der Waals surface area contributed by atoms with Crippen LogP contribution in [0.25, 0.3) is 0 Å². The van der Waals surface area contributed by atoms with E-state index in [0.29, 0.717) is 11.3 Å². The van der Waals surface area contributed by atoms with E-state index in [9.17, 15) is 14.4 Å². The van der Waals surface area contributed by atoms with Gasteiger partial charge in [-0.3, -0.25) is 9.59 Å². The summed E-state index contributed by atoms with van der Waals surface area (Å²) in [7, 11) is 1.30. The summed E-state index contributed by atoms with van der Waals surface area (Å²) in [5.74, 6) is -1.00. The van der Waals surface area contributed by atoms with Crippen LogP contribution in [0.4, 0.5) is 10.5 Å². The van der Waals surface area contributed by atoms with Crippen LogP contribution in [0.15, 0.2) is 24.3 Å². The number of nitrogens with one attached hydrogen (secondary N) is 2. The van der Waals surface area contributed by atoms with Crippen molar-refractivity contribution in [1.29, 1.82) is 0 Å². The van der Waals surface area contributed by atoms with E-state index in [4.69, 9.17) is 0 Å². The molecule has 0 heterocycles. The number of amides is 2. The highest BCUT2D eigenvalue weighted by Crippen LogP contribution is 2.11. The molecular weight excluding hydrogens is 252 g/mol. The number of ether oxygens (including phenoxy) is 1. The minimum Gasteiger partial charge on any atom is -0.469 e. The fourth-order valence-electron chi connectivity index (χ4n) is 1.27. The second-order valence-corrected chi connectivity index (χ2v) is 3.60. The van der Waals surface area contributed by atoms with E-state index in [-0.39, 0.29) is 12.4 Å². The Morgan fingerprint density at radius 3 is 2.63 bits per heavy atom. The van der Waals surface area contributed by atoms with Gasteiger partial charge in [0.15, 0.2) is 0 Å². The van der Waals surface area contributed by atoms with Gasteiger partial charge >= 0.3 is 18.0 Å². The first kappa shape index (κ1) is 14.5. The minimum absolute atomic E-state index is 0.109. The Morgan fingerprint density at radius 2 is 2.00 bits per heavy atom. The van der Waals surface area contributed by atoms with Crippen molar-refractivity contribution < 1.29 is 24.0 Å². The third-order valence-corrected chi connectivity index (χ3v) is 2.05. The first-order chi connectivity index (χ1) is 9.01. The summed E-state index contributed by atoms with van der Waals surface area (Å²) in [6.45, 7) is 1.16. The number of urea groups is 1. The number of benzene rings is 1. The number of hydrogen-bond donors (Lipinski definition) is 2. The molecule has 0 aliphatic heterocycles. The lowest BCUT2D eigenvalue weighted by Gasteiger charge is -2.07. The monoisotopic (exact) mass is 266 g/mol. The van der Waals surface area contributed by atoms with Crippen LogP contribution in [-0.2, 0) is 25.6 Å². The molecule has 1 rings (SSSR count). The molecule has 0 fully saturated rings. The van der Waals surface area contributed by atoms with Crippen molar-refractivity contribution in [2.24, 2.45) is 0 Å². The van der Waals surface area contributed by atoms with Gasteiger partial charge in [0.05, 0.1) is 13.5 Å². The zero-order valence-corrected chi connectivity index (χ0v) is 10.6. The summed E-state index contributed by atoms with van der Waals surface area (Å²) in [5.41, 5.74) is 3.07. The second-order valence-electron chi connectivity index (χ2n) is 3.60. The normalized spacial score (nSPS) is 9.37. The van der Waals surface area contributed by atoms with Crippen LogP contribution in [0.5, 0.6) is 0 Å². The summed E-state index contributed by atoms with van der Waals surface area (Å²) in [4.78, 5) is 37.2. The number of esters is 1. The Morgan fingerprint density at radius 1 is 1.26 bits per heavy atom. The van der Waals surface area contributed by atoms with Crippen molar-refractivity contribution >= 4 is 23.7 Å². The van der Waals surface area contributed by atoms with Crippen LogP contribution in [0.1, 0.15) is 12.5 Å². The topological polar surface area (TPSA) is 93.7 Å². The van der Waals surface area contributed by atoms with Crippen LogP contribution in [0.3, 0.4) is 0 Å². The molecular formula is C12H14N2O5. The van der Waals surface area contributed by atoms with E-state index in [2.05, 4.69) is 14.9 Å². The number of carbonyl (C=O) groups is 3. The molecule has 102 valence electrons. The molecule has 0 aliphatic carbocycles. The van der Waals surface area contributed by atoms with Crippen molar-refractivity contribution in [3.63, 3.8) is 0 Å². The van der Waals surface area contributed by atoms with Gasteiger partial charge in [0.2, 0.25) is 0 Å². The molecule has 0 radical (unpaired) electrons. The quantitative estimate of drug-likeness (QED) is 0.628. The highest BCUT2D eigenvalue weighted by Gasteiger charge is 2.06. The molecule has 2 amide bonds. The molecule has 0 saturated heterocycles. The average Bonchev–Trinajstić information content (AvgIpc) is 2.36. The van der Waals surface area contributed by atoms with Gasteiger partial charge in [0.25, 0.3) is 0 Å². The molecule has 2 N–H and O–H groups in total. The van der Waals surface area contributed by atoms with Gasteiger partial charge in [-0.15, -0.1) is 0 Å². The molecule has 0 aromatic heterocycles. The summed E-state index contributed by atoms with van der Waals surface area (Å²) in [5, 5.41) is 2.45. The number of methoxy groups -OCH3 is 1. The van der Waals surface area contributed by atoms with Crippen LogP contribution >= 0.6 is 0 Å². The second kappa shape index (κ2) is 7.00. The number of anilines is 1. The lowest BCUT2D eigenvalue weighted by molar-refractivity contribution is -0.145. The smallest absolute Gasteiger partial charge is 0.352 e. The van der Waals surface area contributed by atoms with Crippen LogP contribution in [0, 0.1) is 0 Å². The van der Waals surface area contributed by atoms with Gasteiger partial charge in [0, 0.05) is 12.6 Å². The Labute approximate surface area is 109 Å². The van der Waals surface area contributed by atoms with Crippen LogP contribution in [0.2, 0.25) is 0 Å². The standard InChI is InChI=1S/C12H14N2O5/c1-8(15)19-14-12(17)13-10-5-3-4-9(6-10)7-11(16)18-2/h3-6H,7H2,1-2H3,(H2,13,14,17). The van der Waals surface area contributed by atoms with E-state index in [1.54, 1.807) is 24.3 Å². The zero-order chi connectivity index (χ0) is 14.3. The molecule has 0 unspecified atom stereocenters. The molecule has 0 spiro atoms. The highest BCUT2D eigenvalue weighted by molar-refractivity contribution is 5.89. The Bertz CT molecular complexity index is 487. The summed E-state index contributed by atoms with van der Waals surface area (Å²) in [6.07, 6.45) is 0.109. The van der Waals surface area contributed by atoms with Crippen molar-refractivity contribution in [3.8, 4) is 0 Å². The van der Waals surface area contributed by atoms with Gasteiger partial charge in [-0.2, -0.15) is 5.48 Å². The number of hydroxylamine groups is 1. The van der Waals surface area contributed by atoms with Gasteiger partial charge < -0.3 is 14.9 Å². The van der Waals surface area contributed by atoms with E-state index >= 15 is 0 Å². The Hall–Kier alpha value is -2.57. The van der Waals surface area contributed by atoms with E-state index in [1.807, 2.05) is 5.48 Å². The van der Waals surface area contributed by atoms with Gasteiger partial charge in [-0.1, -0.05) is 12.1 Å². The molecule has 0 saturated carbocycles. The highest BCUT2D eigenvalue weighted by atomic mass is 16.7. The predicted octanol–water partition coefficient (Wildman–Crippen LogP) is 1.00. The fourth-order valence-corrected chi connectivity index (χ4v) is 1.27. The third kappa shape index (κ3) is 5.53. The summed E-state index contributed by atoms with van der Waals surface area (Å²) < 4.78 is 4.54. The van der Waals surface area contributed by atoms with Gasteiger partial charge in [-0.25, -0.2) is 4.79 Å². The van der Waals surface area contributed by atoms with E-state index < -0.39 is 12.0 Å². The Balaban J connectivity index is 2.59. The minimum atomic E-state index is -0.689. The molecule has 0 bridgehead atoms. The maximum Gasteiger partial charge on any atom is 0.352 e. The maximum absolute atomic E-state index is 11.3.